The van der Waals surface area contributed by atoms with E-state index in [1.807, 2.05) is 11.0 Å². The van der Waals surface area contributed by atoms with Gasteiger partial charge in [0.25, 0.3) is 0 Å². The number of methoxy groups -OCH3 is 1. The van der Waals surface area contributed by atoms with Gasteiger partial charge in [-0.05, 0) is 19.3 Å². The number of hydrogen-bond donors (Lipinski definition) is 0. The van der Waals surface area contributed by atoms with Crippen molar-refractivity contribution in [1.82, 2.24) is 14.9 Å². The predicted octanol–water partition coefficient (Wildman–Crippen LogP) is 0.720. The maximum absolute atomic E-state index is 12.1. The van der Waals surface area contributed by atoms with Crippen LogP contribution in [0, 0.1) is 5.92 Å². The third-order valence-corrected chi connectivity index (χ3v) is 5.68. The van der Waals surface area contributed by atoms with Gasteiger partial charge in [0.1, 0.15) is 24.4 Å². The molecule has 1 amide bonds. The molecule has 3 saturated heterocycles. The molecule has 8 nitrogen and oxygen atoms in total. The van der Waals surface area contributed by atoms with E-state index in [2.05, 4.69) is 14.9 Å². The fourth-order valence-corrected chi connectivity index (χ4v) is 4.09. The van der Waals surface area contributed by atoms with Gasteiger partial charge < -0.3 is 24.0 Å². The van der Waals surface area contributed by atoms with Crippen LogP contribution >= 0.6 is 0 Å². The highest BCUT2D eigenvalue weighted by Crippen LogP contribution is 2.41. The van der Waals surface area contributed by atoms with E-state index < -0.39 is 0 Å². The van der Waals surface area contributed by atoms with Crippen molar-refractivity contribution in [3.63, 3.8) is 0 Å². The van der Waals surface area contributed by atoms with Crippen molar-refractivity contribution in [3.05, 3.63) is 12.4 Å². The summed E-state index contributed by atoms with van der Waals surface area (Å²) in [6.45, 7) is 4.80. The van der Waals surface area contributed by atoms with Gasteiger partial charge in [0, 0.05) is 31.7 Å². The van der Waals surface area contributed by atoms with Crippen molar-refractivity contribution in [2.75, 3.05) is 58.0 Å². The Balaban J connectivity index is 1.28. The minimum atomic E-state index is -0.186. The first-order valence-electron chi connectivity index (χ1n) is 9.31. The van der Waals surface area contributed by atoms with E-state index in [0.29, 0.717) is 18.4 Å². The molecule has 0 radical (unpaired) electrons. The molecule has 8 heteroatoms. The maximum Gasteiger partial charge on any atom is 0.248 e. The third kappa shape index (κ3) is 3.35. The Morgan fingerprint density at radius 3 is 2.92 bits per heavy atom. The van der Waals surface area contributed by atoms with Crippen molar-refractivity contribution in [3.8, 4) is 5.88 Å². The molecule has 26 heavy (non-hydrogen) atoms. The summed E-state index contributed by atoms with van der Waals surface area (Å²) in [6, 6.07) is 1.84. The summed E-state index contributed by atoms with van der Waals surface area (Å²) in [7, 11) is 1.60. The Kier molecular flexibility index (Phi) is 4.95. The zero-order chi connectivity index (χ0) is 18.0. The van der Waals surface area contributed by atoms with Crippen molar-refractivity contribution in [2.45, 2.75) is 24.9 Å². The molecular weight excluding hydrogens is 336 g/mol. The molecule has 4 heterocycles. The Bertz CT molecular complexity index is 644. The van der Waals surface area contributed by atoms with Crippen molar-refractivity contribution in [1.29, 1.82) is 0 Å². The summed E-state index contributed by atoms with van der Waals surface area (Å²) in [5, 5.41) is 0. The number of nitrogens with zero attached hydrogens (tertiary/aromatic N) is 4. The van der Waals surface area contributed by atoms with E-state index in [9.17, 15) is 4.79 Å². The minimum absolute atomic E-state index is 0.110. The average Bonchev–Trinajstić information content (AvgIpc) is 3.30. The van der Waals surface area contributed by atoms with Gasteiger partial charge in [-0.2, -0.15) is 0 Å². The molecule has 142 valence electrons. The topological polar surface area (TPSA) is 77.0 Å². The van der Waals surface area contributed by atoms with Gasteiger partial charge in [-0.1, -0.05) is 0 Å². The number of hydrogen-bond acceptors (Lipinski definition) is 7. The summed E-state index contributed by atoms with van der Waals surface area (Å²) in [6.07, 6.45) is 4.70. The highest BCUT2D eigenvalue weighted by Gasteiger charge is 2.53. The lowest BCUT2D eigenvalue weighted by Gasteiger charge is -2.50. The highest BCUT2D eigenvalue weighted by atomic mass is 16.5. The van der Waals surface area contributed by atoms with Crippen LogP contribution in [0.3, 0.4) is 0 Å². The molecule has 1 aromatic rings. The van der Waals surface area contributed by atoms with E-state index in [4.69, 9.17) is 14.2 Å². The Labute approximate surface area is 153 Å². The minimum Gasteiger partial charge on any atom is -0.481 e. The SMILES string of the molecule is COc1cc(N2CC3(C2)OCC[C@H]3COCC(=O)N2CCCC2)ncn1. The Morgan fingerprint density at radius 1 is 1.35 bits per heavy atom. The van der Waals surface area contributed by atoms with Crippen LogP contribution in [0.1, 0.15) is 19.3 Å². The quantitative estimate of drug-likeness (QED) is 0.738. The number of rotatable bonds is 6. The first kappa shape index (κ1) is 17.5. The van der Waals surface area contributed by atoms with Gasteiger partial charge in [0.15, 0.2) is 0 Å². The monoisotopic (exact) mass is 362 g/mol. The lowest BCUT2D eigenvalue weighted by atomic mass is 9.81. The van der Waals surface area contributed by atoms with Crippen LogP contribution in [0.2, 0.25) is 0 Å². The zero-order valence-corrected chi connectivity index (χ0v) is 15.2. The Morgan fingerprint density at radius 2 is 2.15 bits per heavy atom. The molecule has 0 unspecified atom stereocenters. The fraction of sp³-hybridized carbons (Fsp3) is 0.722. The number of aromatic nitrogens is 2. The lowest BCUT2D eigenvalue weighted by Crippen LogP contribution is -2.65. The maximum atomic E-state index is 12.1. The summed E-state index contributed by atoms with van der Waals surface area (Å²) in [5.41, 5.74) is -0.186. The summed E-state index contributed by atoms with van der Waals surface area (Å²) < 4.78 is 17.0. The number of anilines is 1. The number of carbonyl (C=O) groups is 1. The smallest absolute Gasteiger partial charge is 0.248 e. The molecule has 3 fully saturated rings. The van der Waals surface area contributed by atoms with E-state index in [1.165, 1.54) is 6.33 Å². The van der Waals surface area contributed by atoms with Crippen LogP contribution in [0.25, 0.3) is 0 Å². The van der Waals surface area contributed by atoms with E-state index in [-0.39, 0.29) is 18.1 Å². The molecule has 0 saturated carbocycles. The largest absolute Gasteiger partial charge is 0.481 e. The summed E-state index contributed by atoms with van der Waals surface area (Å²) in [4.78, 5) is 24.5. The summed E-state index contributed by atoms with van der Waals surface area (Å²) in [5.74, 6) is 1.83. The van der Waals surface area contributed by atoms with E-state index >= 15 is 0 Å². The van der Waals surface area contributed by atoms with Crippen LogP contribution in [0.4, 0.5) is 5.82 Å². The second kappa shape index (κ2) is 7.36. The second-order valence-electron chi connectivity index (χ2n) is 7.28. The molecular formula is C18H26N4O4. The molecule has 0 bridgehead atoms. The average molecular weight is 362 g/mol. The van der Waals surface area contributed by atoms with Crippen LogP contribution < -0.4 is 9.64 Å². The van der Waals surface area contributed by atoms with Gasteiger partial charge in [-0.3, -0.25) is 4.79 Å². The van der Waals surface area contributed by atoms with Crippen LogP contribution in [0.5, 0.6) is 5.88 Å². The normalized spacial score (nSPS) is 24.1. The van der Waals surface area contributed by atoms with Gasteiger partial charge in [-0.15, -0.1) is 0 Å². The van der Waals surface area contributed by atoms with E-state index in [0.717, 1.165) is 57.9 Å². The third-order valence-electron chi connectivity index (χ3n) is 5.68. The van der Waals surface area contributed by atoms with Crippen molar-refractivity contribution in [2.24, 2.45) is 5.92 Å². The predicted molar refractivity (Wildman–Crippen MR) is 94.2 cm³/mol. The molecule has 1 spiro atoms. The molecule has 3 aliphatic rings. The van der Waals surface area contributed by atoms with Gasteiger partial charge in [0.05, 0.1) is 26.8 Å². The number of amides is 1. The van der Waals surface area contributed by atoms with Gasteiger partial charge in [-0.25, -0.2) is 9.97 Å². The van der Waals surface area contributed by atoms with Crippen molar-refractivity contribution < 1.29 is 19.0 Å². The molecule has 4 rings (SSSR count). The fourth-order valence-electron chi connectivity index (χ4n) is 4.09. The number of ether oxygens (including phenoxy) is 3. The molecule has 3 aliphatic heterocycles. The first-order chi connectivity index (χ1) is 12.7. The Hall–Kier alpha value is -1.93. The molecule has 0 aliphatic carbocycles. The van der Waals surface area contributed by atoms with Gasteiger partial charge in [0.2, 0.25) is 11.8 Å². The first-order valence-corrected chi connectivity index (χ1v) is 9.31. The highest BCUT2D eigenvalue weighted by molar-refractivity contribution is 5.77. The standard InChI is InChI=1S/C18H26N4O4/c1-24-16-8-15(19-13-20-16)22-11-18(12-22)14(4-7-26-18)9-25-10-17(23)21-5-2-3-6-21/h8,13-14H,2-7,9-12H2,1H3/t14-/m0/s1. The molecule has 1 atom stereocenters. The van der Waals surface area contributed by atoms with Crippen molar-refractivity contribution >= 4 is 11.7 Å². The number of likely N-dealkylation sites (tertiary alicyclic amines) is 1. The zero-order valence-electron chi connectivity index (χ0n) is 15.2. The molecule has 0 N–H and O–H groups in total. The van der Waals surface area contributed by atoms with E-state index in [1.54, 1.807) is 7.11 Å². The summed E-state index contributed by atoms with van der Waals surface area (Å²) >= 11 is 0. The van der Waals surface area contributed by atoms with Crippen LogP contribution in [-0.2, 0) is 14.3 Å². The number of carbonyl (C=O) groups excluding carboxylic acids is 1. The molecule has 0 aromatic carbocycles. The van der Waals surface area contributed by atoms with Crippen LogP contribution in [-0.4, -0.2) is 79.5 Å². The lowest BCUT2D eigenvalue weighted by molar-refractivity contribution is -0.136. The van der Waals surface area contributed by atoms with Gasteiger partial charge >= 0.3 is 0 Å². The van der Waals surface area contributed by atoms with Crippen LogP contribution in [0.15, 0.2) is 12.4 Å². The second-order valence-corrected chi connectivity index (χ2v) is 7.28. The molecule has 1 aromatic heterocycles.